The van der Waals surface area contributed by atoms with E-state index in [1.54, 1.807) is 6.92 Å². The van der Waals surface area contributed by atoms with Crippen molar-refractivity contribution in [3.63, 3.8) is 0 Å². The van der Waals surface area contributed by atoms with Crippen molar-refractivity contribution in [3.8, 4) is 0 Å². The fourth-order valence-corrected chi connectivity index (χ4v) is 1.95. The molecule has 1 aromatic heterocycles. The molecule has 0 bridgehead atoms. The molecule has 0 aromatic carbocycles. The number of rotatable bonds is 6. The molecule has 0 aliphatic carbocycles. The van der Waals surface area contributed by atoms with Crippen molar-refractivity contribution in [1.29, 1.82) is 0 Å². The molecule has 0 atom stereocenters. The minimum absolute atomic E-state index is 0.0260. The van der Waals surface area contributed by atoms with Crippen molar-refractivity contribution in [1.82, 2.24) is 14.8 Å². The largest absolute Gasteiger partial charge is 0.368 e. The van der Waals surface area contributed by atoms with Crippen LogP contribution < -0.4 is 11.1 Å². The topological polar surface area (TPSA) is 103 Å². The van der Waals surface area contributed by atoms with Gasteiger partial charge in [0.2, 0.25) is 11.9 Å². The summed E-state index contributed by atoms with van der Waals surface area (Å²) >= 11 is 0. The summed E-state index contributed by atoms with van der Waals surface area (Å²) in [6, 6.07) is 0.199. The van der Waals surface area contributed by atoms with Crippen LogP contribution in [0.15, 0.2) is 0 Å². The van der Waals surface area contributed by atoms with Gasteiger partial charge in [0.15, 0.2) is 9.84 Å². The van der Waals surface area contributed by atoms with Crippen LogP contribution in [-0.4, -0.2) is 40.7 Å². The number of nitrogens with zero attached hydrogens (tertiary/aromatic N) is 3. The smallest absolute Gasteiger partial charge is 0.244 e. The van der Waals surface area contributed by atoms with Gasteiger partial charge in [-0.2, -0.15) is 4.98 Å². The van der Waals surface area contributed by atoms with Gasteiger partial charge < -0.3 is 11.1 Å². The fourth-order valence-electron chi connectivity index (χ4n) is 1.21. The van der Waals surface area contributed by atoms with Gasteiger partial charge in [0.05, 0.1) is 12.3 Å². The van der Waals surface area contributed by atoms with Crippen LogP contribution in [0.1, 0.15) is 20.8 Å². The van der Waals surface area contributed by atoms with E-state index in [2.05, 4.69) is 15.4 Å². The van der Waals surface area contributed by atoms with Crippen molar-refractivity contribution in [3.05, 3.63) is 0 Å². The number of hydrogen-bond donors (Lipinski definition) is 2. The highest BCUT2D eigenvalue weighted by Gasteiger charge is 2.12. The van der Waals surface area contributed by atoms with Crippen LogP contribution in [0.5, 0.6) is 0 Å². The minimum atomic E-state index is -3.01. The zero-order chi connectivity index (χ0) is 13.1. The molecule has 1 rings (SSSR count). The molecule has 0 amide bonds. The summed E-state index contributed by atoms with van der Waals surface area (Å²) in [5.41, 5.74) is 5.64. The second kappa shape index (κ2) is 5.35. The summed E-state index contributed by atoms with van der Waals surface area (Å²) in [4.78, 5) is 4.00. The van der Waals surface area contributed by atoms with Crippen LogP contribution in [0, 0.1) is 0 Å². The van der Waals surface area contributed by atoms with Gasteiger partial charge in [0.1, 0.15) is 0 Å². The monoisotopic (exact) mass is 261 g/mol. The van der Waals surface area contributed by atoms with Crippen LogP contribution in [-0.2, 0) is 16.4 Å². The van der Waals surface area contributed by atoms with Crippen LogP contribution >= 0.6 is 0 Å². The number of aromatic nitrogens is 3. The summed E-state index contributed by atoms with van der Waals surface area (Å²) in [5.74, 6) is 0.794. The second-order valence-corrected chi connectivity index (χ2v) is 6.52. The molecule has 1 aromatic rings. The van der Waals surface area contributed by atoms with Crippen LogP contribution in [0.25, 0.3) is 0 Å². The molecule has 0 radical (unpaired) electrons. The Labute approximate surface area is 101 Å². The first-order valence-corrected chi connectivity index (χ1v) is 7.33. The second-order valence-electron chi connectivity index (χ2n) is 4.05. The van der Waals surface area contributed by atoms with E-state index in [4.69, 9.17) is 5.73 Å². The van der Waals surface area contributed by atoms with Gasteiger partial charge in [0.25, 0.3) is 0 Å². The molecular formula is C9H19N5O2S. The molecule has 0 fully saturated rings. The molecule has 0 aliphatic heterocycles. The van der Waals surface area contributed by atoms with Gasteiger partial charge in [-0.05, 0) is 13.8 Å². The lowest BCUT2D eigenvalue weighted by molar-refractivity contribution is 0.583. The average molecular weight is 261 g/mol. The summed E-state index contributed by atoms with van der Waals surface area (Å²) < 4.78 is 24.1. The lowest BCUT2D eigenvalue weighted by atomic mass is 10.4. The molecule has 0 saturated carbocycles. The van der Waals surface area contributed by atoms with Gasteiger partial charge in [0, 0.05) is 11.8 Å². The predicted molar refractivity (Wildman–Crippen MR) is 67.5 cm³/mol. The van der Waals surface area contributed by atoms with Gasteiger partial charge in [-0.15, -0.1) is 5.10 Å². The van der Waals surface area contributed by atoms with Gasteiger partial charge in [-0.3, -0.25) is 0 Å². The lowest BCUT2D eigenvalue weighted by Crippen LogP contribution is -2.17. The van der Waals surface area contributed by atoms with E-state index in [1.165, 1.54) is 4.68 Å². The van der Waals surface area contributed by atoms with Crippen LogP contribution in [0.4, 0.5) is 11.9 Å². The average Bonchev–Trinajstić information content (AvgIpc) is 2.55. The van der Waals surface area contributed by atoms with Gasteiger partial charge in [-0.25, -0.2) is 13.1 Å². The van der Waals surface area contributed by atoms with Crippen molar-refractivity contribution >= 4 is 21.7 Å². The van der Waals surface area contributed by atoms with Crippen LogP contribution in [0.3, 0.4) is 0 Å². The Kier molecular flexibility index (Phi) is 4.33. The first-order valence-electron chi connectivity index (χ1n) is 5.51. The van der Waals surface area contributed by atoms with E-state index in [1.807, 2.05) is 13.8 Å². The fraction of sp³-hybridized carbons (Fsp3) is 0.778. The number of sulfone groups is 1. The molecule has 0 unspecified atom stereocenters. The highest BCUT2D eigenvalue weighted by Crippen LogP contribution is 2.07. The van der Waals surface area contributed by atoms with Crippen molar-refractivity contribution < 1.29 is 8.42 Å². The zero-order valence-electron chi connectivity index (χ0n) is 10.3. The first kappa shape index (κ1) is 13.8. The number of nitrogens with one attached hydrogen (secondary N) is 1. The summed E-state index contributed by atoms with van der Waals surface area (Å²) in [6.45, 7) is 5.76. The Morgan fingerprint density at radius 3 is 2.65 bits per heavy atom. The molecule has 0 spiro atoms. The maximum atomic E-state index is 11.4. The Hall–Kier alpha value is -1.31. The summed E-state index contributed by atoms with van der Waals surface area (Å²) in [6.07, 6.45) is 0. The maximum Gasteiger partial charge on any atom is 0.244 e. The Bertz CT molecular complexity index is 466. The number of nitrogen functional groups attached to an aromatic ring is 1. The lowest BCUT2D eigenvalue weighted by Gasteiger charge is -2.04. The molecule has 1 heterocycles. The summed E-state index contributed by atoms with van der Waals surface area (Å²) in [7, 11) is -3.01. The molecule has 0 saturated heterocycles. The molecule has 98 valence electrons. The quantitative estimate of drug-likeness (QED) is 0.753. The molecule has 8 heteroatoms. The van der Waals surface area contributed by atoms with Gasteiger partial charge in [-0.1, -0.05) is 6.92 Å². The molecule has 7 nitrogen and oxygen atoms in total. The molecule has 3 N–H and O–H groups in total. The Morgan fingerprint density at radius 1 is 1.47 bits per heavy atom. The SMILES string of the molecule is CCS(=O)(=O)CCn1nc(NC(C)C)nc1N. The third-order valence-corrected chi connectivity index (χ3v) is 3.86. The summed E-state index contributed by atoms with van der Waals surface area (Å²) in [5, 5.41) is 7.10. The van der Waals surface area contributed by atoms with Crippen LogP contribution in [0.2, 0.25) is 0 Å². The normalized spacial score (nSPS) is 12.0. The van der Waals surface area contributed by atoms with E-state index in [0.29, 0.717) is 5.95 Å². The van der Waals surface area contributed by atoms with Crippen molar-refractivity contribution in [2.45, 2.75) is 33.4 Å². The predicted octanol–water partition coefficient (Wildman–Crippen LogP) is 0.115. The zero-order valence-corrected chi connectivity index (χ0v) is 11.2. The first-order chi connectivity index (χ1) is 7.84. The highest BCUT2D eigenvalue weighted by molar-refractivity contribution is 7.91. The molecular weight excluding hydrogens is 242 g/mol. The number of anilines is 2. The molecule has 17 heavy (non-hydrogen) atoms. The van der Waals surface area contributed by atoms with E-state index < -0.39 is 9.84 Å². The van der Waals surface area contributed by atoms with E-state index in [9.17, 15) is 8.42 Å². The maximum absolute atomic E-state index is 11.4. The van der Waals surface area contributed by atoms with E-state index in [-0.39, 0.29) is 30.0 Å². The number of aryl methyl sites for hydroxylation is 1. The Morgan fingerprint density at radius 2 is 2.12 bits per heavy atom. The van der Waals surface area contributed by atoms with Crippen molar-refractivity contribution in [2.75, 3.05) is 22.6 Å². The minimum Gasteiger partial charge on any atom is -0.368 e. The third-order valence-electron chi connectivity index (χ3n) is 2.17. The van der Waals surface area contributed by atoms with E-state index in [0.717, 1.165) is 0 Å². The molecule has 0 aliphatic rings. The number of hydrogen-bond acceptors (Lipinski definition) is 6. The number of nitrogens with two attached hydrogens (primary N) is 1. The standard InChI is InChI=1S/C9H19N5O2S/c1-4-17(15,16)6-5-14-8(10)12-9(13-14)11-7(2)3/h7H,4-6H2,1-3H3,(H3,10,11,12,13). The van der Waals surface area contributed by atoms with E-state index >= 15 is 0 Å². The third kappa shape index (κ3) is 4.22. The van der Waals surface area contributed by atoms with Crippen molar-refractivity contribution in [2.24, 2.45) is 0 Å². The highest BCUT2D eigenvalue weighted by atomic mass is 32.2. The van der Waals surface area contributed by atoms with Gasteiger partial charge >= 0.3 is 0 Å². The Balaban J connectivity index is 2.69.